The minimum atomic E-state index is -6.00. The lowest BCUT2D eigenvalue weighted by Gasteiger charge is -2.01. The normalized spacial score (nSPS) is 12.0. The summed E-state index contributed by atoms with van der Waals surface area (Å²) >= 11 is 0. The Hall–Kier alpha value is -0.895. The predicted molar refractivity (Wildman–Crippen MR) is 48.5 cm³/mol. The molecule has 0 radical (unpaired) electrons. The van der Waals surface area contributed by atoms with Crippen LogP contribution in [0.3, 0.4) is 0 Å². The largest absolute Gasteiger partial charge is 0.673 e. The van der Waals surface area contributed by atoms with Crippen LogP contribution in [0.15, 0.2) is 0 Å². The van der Waals surface area contributed by atoms with E-state index < -0.39 is 34.5 Å². The summed E-state index contributed by atoms with van der Waals surface area (Å²) in [7, 11) is -17.0. The van der Waals surface area contributed by atoms with Gasteiger partial charge in [-0.15, -0.1) is 0 Å². The molecule has 0 saturated heterocycles. The maximum absolute atomic E-state index is 10.9. The Morgan fingerprint density at radius 3 is 0.727 bits per heavy atom. The Morgan fingerprint density at radius 1 is 0.591 bits per heavy atom. The Morgan fingerprint density at radius 2 is 0.727 bits per heavy atom. The number of ether oxygens (including phenoxy) is 1. The molecule has 0 bridgehead atoms. The molecule has 0 aliphatic rings. The van der Waals surface area contributed by atoms with E-state index >= 15 is 0 Å². The van der Waals surface area contributed by atoms with Gasteiger partial charge in [-0.2, -0.15) is 13.2 Å². The van der Waals surface area contributed by atoms with E-state index in [4.69, 9.17) is 0 Å². The van der Waals surface area contributed by atoms with Crippen LogP contribution < -0.4 is 0 Å². The standard InChI is InChI=1S/C3H5F3O.3BF4/c1-7-2-3(4,5)6;3*2-1(3,4)5/h2H2,1H3;;;/q;3*-1. The molecule has 0 heterocycles. The average molecular weight is 374 g/mol. The van der Waals surface area contributed by atoms with Gasteiger partial charge in [0.15, 0.2) is 0 Å². The minimum absolute atomic E-state index is 1.01. The monoisotopic (exact) mass is 375 g/mol. The summed E-state index contributed by atoms with van der Waals surface area (Å²) in [6, 6.07) is 0. The summed E-state index contributed by atoms with van der Waals surface area (Å²) < 4.78 is 154. The topological polar surface area (TPSA) is 9.23 Å². The van der Waals surface area contributed by atoms with E-state index in [1.54, 1.807) is 0 Å². The van der Waals surface area contributed by atoms with Gasteiger partial charge in [-0.05, 0) is 0 Å². The van der Waals surface area contributed by atoms with Crippen LogP contribution in [0.2, 0.25) is 0 Å². The van der Waals surface area contributed by atoms with Crippen molar-refractivity contribution in [2.45, 2.75) is 6.18 Å². The molecule has 0 saturated carbocycles. The first-order valence-electron chi connectivity index (χ1n) is 4.24. The molecule has 140 valence electrons. The molecule has 0 aromatic rings. The highest BCUT2D eigenvalue weighted by Crippen LogP contribution is 2.13. The Bertz CT molecular complexity index is 190. The zero-order valence-corrected chi connectivity index (χ0v) is 10.0. The van der Waals surface area contributed by atoms with Gasteiger partial charge in [0.1, 0.15) is 6.61 Å². The zero-order valence-electron chi connectivity index (χ0n) is 10.0. The fourth-order valence-electron chi connectivity index (χ4n) is 0.164. The van der Waals surface area contributed by atoms with Crippen LogP contribution in [0.25, 0.3) is 0 Å². The number of hydrogen-bond acceptors (Lipinski definition) is 1. The van der Waals surface area contributed by atoms with Crippen LogP contribution in [0.5, 0.6) is 0 Å². The van der Waals surface area contributed by atoms with Crippen molar-refractivity contribution < 1.29 is 69.7 Å². The Labute approximate surface area is 113 Å². The number of alkyl halides is 3. The molecule has 0 fully saturated rings. The quantitative estimate of drug-likeness (QED) is 0.459. The molecular formula is C3H5B3F15O-3. The van der Waals surface area contributed by atoms with Crippen LogP contribution >= 0.6 is 0 Å². The van der Waals surface area contributed by atoms with E-state index in [1.807, 2.05) is 0 Å². The highest BCUT2D eigenvalue weighted by molar-refractivity contribution is 6.50. The van der Waals surface area contributed by atoms with E-state index in [2.05, 4.69) is 4.74 Å². The maximum atomic E-state index is 10.9. The van der Waals surface area contributed by atoms with Gasteiger partial charge >= 0.3 is 27.9 Å². The molecule has 19 heteroatoms. The van der Waals surface area contributed by atoms with E-state index in [-0.39, 0.29) is 0 Å². The SMILES string of the molecule is COCC(F)(F)F.F[B-](F)(F)F.F[B-](F)(F)F.F[B-](F)(F)F. The molecule has 0 aliphatic heterocycles. The van der Waals surface area contributed by atoms with Gasteiger partial charge in [-0.1, -0.05) is 0 Å². The van der Waals surface area contributed by atoms with Gasteiger partial charge < -0.3 is 56.5 Å². The maximum Gasteiger partial charge on any atom is 0.673 e. The van der Waals surface area contributed by atoms with E-state index in [0.29, 0.717) is 0 Å². The predicted octanol–water partition coefficient (Wildman–Crippen LogP) is 5.10. The van der Waals surface area contributed by atoms with Crippen LogP contribution in [-0.4, -0.2) is 41.7 Å². The van der Waals surface area contributed by atoms with Crippen LogP contribution in [-0.2, 0) is 4.74 Å². The fraction of sp³-hybridized carbons (Fsp3) is 1.00. The third kappa shape index (κ3) is 650. The molecule has 0 aromatic carbocycles. The van der Waals surface area contributed by atoms with Gasteiger partial charge in [-0.25, -0.2) is 0 Å². The van der Waals surface area contributed by atoms with Crippen LogP contribution in [0.4, 0.5) is 65.0 Å². The Kier molecular flexibility index (Phi) is 15.4. The summed E-state index contributed by atoms with van der Waals surface area (Å²) in [6.45, 7) is -1.16. The van der Waals surface area contributed by atoms with Gasteiger partial charge in [0.05, 0.1) is 0 Å². The summed E-state index contributed by atoms with van der Waals surface area (Å²) in [5.74, 6) is 0. The molecule has 0 spiro atoms. The molecule has 0 rings (SSSR count). The van der Waals surface area contributed by atoms with Crippen molar-refractivity contribution in [3.8, 4) is 0 Å². The van der Waals surface area contributed by atoms with Gasteiger partial charge in [0.25, 0.3) is 0 Å². The molecule has 0 unspecified atom stereocenters. The highest BCUT2D eigenvalue weighted by atomic mass is 19.5. The molecule has 0 aromatic heterocycles. The van der Waals surface area contributed by atoms with Crippen molar-refractivity contribution >= 4 is 21.8 Å². The van der Waals surface area contributed by atoms with E-state index in [9.17, 15) is 65.0 Å². The van der Waals surface area contributed by atoms with Crippen molar-refractivity contribution in [2.75, 3.05) is 13.7 Å². The van der Waals surface area contributed by atoms with Crippen molar-refractivity contribution in [1.29, 1.82) is 0 Å². The molecule has 22 heavy (non-hydrogen) atoms. The molecule has 0 N–H and O–H groups in total. The summed E-state index contributed by atoms with van der Waals surface area (Å²) in [5.41, 5.74) is 0. The number of rotatable bonds is 1. The lowest BCUT2D eigenvalue weighted by Crippen LogP contribution is -2.14. The lowest BCUT2D eigenvalue weighted by molar-refractivity contribution is -0.167. The molecule has 0 atom stereocenters. The van der Waals surface area contributed by atoms with Crippen LogP contribution in [0, 0.1) is 0 Å². The zero-order chi connectivity index (χ0) is 19.4. The Balaban J connectivity index is -0.0000000995. The van der Waals surface area contributed by atoms with Crippen LogP contribution in [0.1, 0.15) is 0 Å². The summed E-state index contributed by atoms with van der Waals surface area (Å²) in [5, 5.41) is 0. The van der Waals surface area contributed by atoms with E-state index in [1.165, 1.54) is 0 Å². The molecule has 0 amide bonds. The second-order valence-corrected chi connectivity index (χ2v) is 2.53. The van der Waals surface area contributed by atoms with Crippen molar-refractivity contribution in [3.63, 3.8) is 0 Å². The first-order valence-corrected chi connectivity index (χ1v) is 4.24. The third-order valence-electron chi connectivity index (χ3n) is 0.308. The van der Waals surface area contributed by atoms with Gasteiger partial charge in [-0.3, -0.25) is 0 Å². The number of methoxy groups -OCH3 is 1. The fourth-order valence-corrected chi connectivity index (χ4v) is 0.164. The first kappa shape index (κ1) is 29.2. The molecule has 0 aliphatic carbocycles. The number of halogens is 15. The summed E-state index contributed by atoms with van der Waals surface area (Å²) in [6.07, 6.45) is -4.17. The minimum Gasteiger partial charge on any atom is -0.418 e. The van der Waals surface area contributed by atoms with E-state index in [0.717, 1.165) is 7.11 Å². The van der Waals surface area contributed by atoms with Gasteiger partial charge in [0.2, 0.25) is 0 Å². The highest BCUT2D eigenvalue weighted by Gasteiger charge is 2.26. The van der Waals surface area contributed by atoms with Crippen molar-refractivity contribution in [2.24, 2.45) is 0 Å². The molecular weight excluding hydrogens is 369 g/mol. The molecule has 1 nitrogen and oxygen atoms in total. The summed E-state index contributed by atoms with van der Waals surface area (Å²) in [4.78, 5) is 0. The first-order chi connectivity index (χ1) is 9.06. The second-order valence-electron chi connectivity index (χ2n) is 2.53. The van der Waals surface area contributed by atoms with Crippen molar-refractivity contribution in [3.05, 3.63) is 0 Å². The lowest BCUT2D eigenvalue weighted by atomic mass is 10.3. The van der Waals surface area contributed by atoms with Gasteiger partial charge in [0, 0.05) is 7.11 Å². The number of hydrogen-bond donors (Lipinski definition) is 0. The second kappa shape index (κ2) is 11.6. The third-order valence-corrected chi connectivity index (χ3v) is 0.308. The smallest absolute Gasteiger partial charge is 0.418 e. The van der Waals surface area contributed by atoms with Crippen molar-refractivity contribution in [1.82, 2.24) is 0 Å². The average Bonchev–Trinajstić information content (AvgIpc) is 1.88.